The molecule has 1 aromatic carbocycles. The Kier molecular flexibility index (Phi) is 3.62. The number of benzene rings is 1. The van der Waals surface area contributed by atoms with Gasteiger partial charge in [0.1, 0.15) is 5.82 Å². The number of amides is 3. The van der Waals surface area contributed by atoms with E-state index in [-0.39, 0.29) is 10.6 Å². The van der Waals surface area contributed by atoms with Crippen LogP contribution < -0.4 is 10.2 Å². The average molecular weight is 306 g/mol. The van der Waals surface area contributed by atoms with E-state index in [1.165, 1.54) is 18.3 Å². The molecule has 1 aliphatic rings. The van der Waals surface area contributed by atoms with Gasteiger partial charge in [0.2, 0.25) is 0 Å². The van der Waals surface area contributed by atoms with Crippen molar-refractivity contribution in [3.8, 4) is 0 Å². The zero-order valence-electron chi connectivity index (χ0n) is 10.7. The third-order valence-corrected chi connectivity index (χ3v) is 2.82. The predicted molar refractivity (Wildman–Crippen MR) is 62.8 cm³/mol. The van der Waals surface area contributed by atoms with Crippen LogP contribution in [-0.2, 0) is 9.53 Å². The Morgan fingerprint density at radius 1 is 1.33 bits per heavy atom. The molecule has 114 valence electrons. The average Bonchev–Trinajstić information content (AvgIpc) is 2.62. The zero-order valence-corrected chi connectivity index (χ0v) is 10.7. The van der Waals surface area contributed by atoms with Gasteiger partial charge in [0.25, 0.3) is 5.91 Å². The number of hydrogen-bond acceptors (Lipinski definition) is 3. The summed E-state index contributed by atoms with van der Waals surface area (Å²) in [5.41, 5.74) is -3.77. The molecular formula is C12H10F4N2O3. The zero-order chi connectivity index (χ0) is 15.8. The second-order valence-electron chi connectivity index (χ2n) is 4.16. The van der Waals surface area contributed by atoms with E-state index in [2.05, 4.69) is 4.74 Å². The SMILES string of the molecule is CCOC1(C(F)(F)F)NC(=O)N(c2cccc(F)c2)C1=O. The van der Waals surface area contributed by atoms with E-state index in [4.69, 9.17) is 0 Å². The van der Waals surface area contributed by atoms with Crippen molar-refractivity contribution in [2.24, 2.45) is 0 Å². The van der Waals surface area contributed by atoms with E-state index in [1.807, 2.05) is 0 Å². The number of halogens is 4. The van der Waals surface area contributed by atoms with Gasteiger partial charge in [-0.3, -0.25) is 10.1 Å². The summed E-state index contributed by atoms with van der Waals surface area (Å²) in [5.74, 6) is -2.46. The molecule has 2 rings (SSSR count). The van der Waals surface area contributed by atoms with Gasteiger partial charge in [0, 0.05) is 6.61 Å². The summed E-state index contributed by atoms with van der Waals surface area (Å²) in [7, 11) is 0. The molecule has 1 aromatic rings. The van der Waals surface area contributed by atoms with Crippen LogP contribution >= 0.6 is 0 Å². The molecule has 0 bridgehead atoms. The molecule has 1 saturated heterocycles. The molecule has 21 heavy (non-hydrogen) atoms. The molecule has 9 heteroatoms. The van der Waals surface area contributed by atoms with Crippen molar-refractivity contribution in [2.75, 3.05) is 11.5 Å². The van der Waals surface area contributed by atoms with Crippen LogP contribution in [0, 0.1) is 5.82 Å². The number of hydrogen-bond donors (Lipinski definition) is 1. The van der Waals surface area contributed by atoms with Gasteiger partial charge >= 0.3 is 17.9 Å². The Labute approximate surface area is 116 Å². The van der Waals surface area contributed by atoms with E-state index < -0.39 is 36.3 Å². The van der Waals surface area contributed by atoms with Crippen molar-refractivity contribution in [3.05, 3.63) is 30.1 Å². The van der Waals surface area contributed by atoms with Crippen LogP contribution in [0.3, 0.4) is 0 Å². The smallest absolute Gasteiger partial charge is 0.340 e. The molecular weight excluding hydrogens is 296 g/mol. The number of urea groups is 1. The lowest BCUT2D eigenvalue weighted by Gasteiger charge is -2.28. The number of alkyl halides is 3. The third kappa shape index (κ3) is 2.33. The van der Waals surface area contributed by atoms with Crippen LogP contribution in [0.2, 0.25) is 0 Å². The highest BCUT2D eigenvalue weighted by Gasteiger charge is 2.69. The molecule has 1 N–H and O–H groups in total. The molecule has 3 amide bonds. The van der Waals surface area contributed by atoms with Crippen LogP contribution in [0.15, 0.2) is 24.3 Å². The number of anilines is 1. The van der Waals surface area contributed by atoms with E-state index in [0.29, 0.717) is 0 Å². The summed E-state index contributed by atoms with van der Waals surface area (Å²) in [6, 6.07) is 2.77. The fourth-order valence-electron chi connectivity index (χ4n) is 1.95. The van der Waals surface area contributed by atoms with Gasteiger partial charge in [-0.1, -0.05) is 6.07 Å². The lowest BCUT2D eigenvalue weighted by atomic mass is 10.2. The van der Waals surface area contributed by atoms with Gasteiger partial charge in [0.15, 0.2) is 0 Å². The fourth-order valence-corrected chi connectivity index (χ4v) is 1.95. The molecule has 1 heterocycles. The molecule has 5 nitrogen and oxygen atoms in total. The van der Waals surface area contributed by atoms with Crippen molar-refractivity contribution in [3.63, 3.8) is 0 Å². The Morgan fingerprint density at radius 3 is 2.52 bits per heavy atom. The summed E-state index contributed by atoms with van der Waals surface area (Å²) in [6.07, 6.45) is -5.15. The van der Waals surface area contributed by atoms with Crippen LogP contribution in [0.5, 0.6) is 0 Å². The van der Waals surface area contributed by atoms with Crippen LogP contribution in [0.25, 0.3) is 0 Å². The highest BCUT2D eigenvalue weighted by molar-refractivity contribution is 6.23. The Morgan fingerprint density at radius 2 is 2.00 bits per heavy atom. The predicted octanol–water partition coefficient (Wildman–Crippen LogP) is 2.18. The van der Waals surface area contributed by atoms with Crippen molar-refractivity contribution < 1.29 is 31.9 Å². The van der Waals surface area contributed by atoms with Gasteiger partial charge in [-0.15, -0.1) is 0 Å². The summed E-state index contributed by atoms with van der Waals surface area (Å²) < 4.78 is 57.0. The molecule has 0 aliphatic carbocycles. The van der Waals surface area contributed by atoms with Crippen molar-refractivity contribution in [1.82, 2.24) is 5.32 Å². The first-order valence-electron chi connectivity index (χ1n) is 5.86. The Hall–Kier alpha value is -2.16. The number of carbonyl (C=O) groups excluding carboxylic acids is 2. The first kappa shape index (κ1) is 15.2. The first-order chi connectivity index (χ1) is 9.73. The summed E-state index contributed by atoms with van der Waals surface area (Å²) in [6.45, 7) is 0.792. The monoisotopic (exact) mass is 306 g/mol. The molecule has 1 aliphatic heterocycles. The normalized spacial score (nSPS) is 22.6. The number of nitrogens with one attached hydrogen (secondary N) is 1. The fraction of sp³-hybridized carbons (Fsp3) is 0.333. The number of imide groups is 1. The van der Waals surface area contributed by atoms with Crippen molar-refractivity contribution in [1.29, 1.82) is 0 Å². The molecule has 1 unspecified atom stereocenters. The summed E-state index contributed by atoms with van der Waals surface area (Å²) in [5, 5.41) is 1.49. The molecule has 1 fully saturated rings. The highest BCUT2D eigenvalue weighted by atomic mass is 19.4. The largest absolute Gasteiger partial charge is 0.446 e. The van der Waals surface area contributed by atoms with E-state index in [0.717, 1.165) is 18.2 Å². The lowest BCUT2D eigenvalue weighted by molar-refractivity contribution is -0.267. The summed E-state index contributed by atoms with van der Waals surface area (Å²) in [4.78, 5) is 24.0. The molecule has 0 radical (unpaired) electrons. The maximum atomic E-state index is 13.1. The maximum absolute atomic E-state index is 13.1. The Bertz CT molecular complexity index is 590. The van der Waals surface area contributed by atoms with E-state index in [1.54, 1.807) is 0 Å². The standard InChI is InChI=1S/C12H10F4N2O3/c1-2-21-11(12(14,15)16)9(19)18(10(20)17-11)8-5-3-4-7(13)6-8/h3-6H,2H2,1H3,(H,17,20). The van der Waals surface area contributed by atoms with E-state index >= 15 is 0 Å². The van der Waals surface area contributed by atoms with Crippen LogP contribution in [0.1, 0.15) is 6.92 Å². The van der Waals surface area contributed by atoms with Gasteiger partial charge in [-0.25, -0.2) is 14.1 Å². The van der Waals surface area contributed by atoms with Gasteiger partial charge < -0.3 is 4.74 Å². The van der Waals surface area contributed by atoms with E-state index in [9.17, 15) is 27.2 Å². The molecule has 1 atom stereocenters. The van der Waals surface area contributed by atoms with Crippen LogP contribution in [0.4, 0.5) is 28.0 Å². The minimum absolute atomic E-state index is 0.201. The minimum atomic E-state index is -5.15. The lowest BCUT2D eigenvalue weighted by Crippen LogP contribution is -2.60. The van der Waals surface area contributed by atoms with Crippen molar-refractivity contribution in [2.45, 2.75) is 18.8 Å². The van der Waals surface area contributed by atoms with Gasteiger partial charge in [-0.05, 0) is 25.1 Å². The quantitative estimate of drug-likeness (QED) is 0.688. The van der Waals surface area contributed by atoms with Gasteiger partial charge in [-0.2, -0.15) is 13.2 Å². The number of rotatable bonds is 3. The third-order valence-electron chi connectivity index (χ3n) is 2.82. The van der Waals surface area contributed by atoms with Gasteiger partial charge in [0.05, 0.1) is 5.69 Å². The summed E-state index contributed by atoms with van der Waals surface area (Å²) >= 11 is 0. The maximum Gasteiger partial charge on any atom is 0.446 e. The number of ether oxygens (including phenoxy) is 1. The van der Waals surface area contributed by atoms with Crippen LogP contribution in [-0.4, -0.2) is 30.4 Å². The second-order valence-corrected chi connectivity index (χ2v) is 4.16. The Balaban J connectivity index is 2.48. The number of nitrogens with zero attached hydrogens (tertiary/aromatic N) is 1. The minimum Gasteiger partial charge on any atom is -0.340 e. The number of carbonyl (C=O) groups is 2. The molecule has 0 saturated carbocycles. The van der Waals surface area contributed by atoms with Crippen molar-refractivity contribution >= 4 is 17.6 Å². The second kappa shape index (κ2) is 4.99. The topological polar surface area (TPSA) is 58.6 Å². The first-order valence-corrected chi connectivity index (χ1v) is 5.86. The molecule has 0 aromatic heterocycles. The highest BCUT2D eigenvalue weighted by Crippen LogP contribution is 2.38. The molecule has 0 spiro atoms.